The molecule has 13 nitrogen and oxygen atoms in total. The lowest BCUT2D eigenvalue weighted by Gasteiger charge is -2.49. The van der Waals surface area contributed by atoms with Crippen LogP contribution >= 0.6 is 58.9 Å². The number of amides is 2. The third kappa shape index (κ3) is 6.86. The molecule has 2 atom stereocenters. The predicted molar refractivity (Wildman–Crippen MR) is 160 cm³/mol. The molecule has 2 amide bonds. The van der Waals surface area contributed by atoms with Crippen molar-refractivity contribution in [3.05, 3.63) is 32.8 Å². The lowest BCUT2D eigenvalue weighted by molar-refractivity contribution is -0.150. The van der Waals surface area contributed by atoms with E-state index < -0.39 is 34.9 Å². The molecule has 0 unspecified atom stereocenters. The first kappa shape index (κ1) is 32.0. The number of hydrogen-bond donors (Lipinski definition) is 5. The molecular weight excluding hydrogens is 623 g/mol. The number of thiazole rings is 1. The Balaban J connectivity index is 0.00000441. The van der Waals surface area contributed by atoms with Crippen LogP contribution in [0.15, 0.2) is 27.9 Å². The zero-order valence-electron chi connectivity index (χ0n) is 21.2. The number of thioether (sulfide) groups is 2. The maximum atomic E-state index is 12.9. The number of aliphatic carboxylic acids is 1. The number of piperazine rings is 1. The van der Waals surface area contributed by atoms with E-state index >= 15 is 0 Å². The van der Waals surface area contributed by atoms with Crippen molar-refractivity contribution < 1.29 is 24.7 Å². The van der Waals surface area contributed by atoms with Crippen molar-refractivity contribution in [2.75, 3.05) is 50.0 Å². The van der Waals surface area contributed by atoms with Crippen LogP contribution in [-0.4, -0.2) is 115 Å². The summed E-state index contributed by atoms with van der Waals surface area (Å²) in [5.74, 6) is -0.959. The molecule has 4 heterocycles. The number of anilines is 1. The van der Waals surface area contributed by atoms with Crippen LogP contribution < -0.4 is 11.1 Å². The van der Waals surface area contributed by atoms with E-state index in [9.17, 15) is 24.7 Å². The fourth-order valence-electron chi connectivity index (χ4n) is 4.33. The van der Waals surface area contributed by atoms with Crippen LogP contribution in [0.3, 0.4) is 0 Å². The standard InChI is InChI=1S/C22H27ClN8O5S3.ClH/c1-11(24)30-5-3-29(4-6-30)7-9-37-8-2-12-10-38-20-15(19(33)31(20)16(12)21(34)35)26-18(32)14(28-36)13-17(23)39-22(25)27-13;/h2,8,15,20,24,36H,3-7,9-10H2,1H3,(H2,25,27)(H,26,32)(H,34,35);1H/b8-2?,24-11?,28-14-;/t15-,20-;/m1./s1. The Bertz CT molecular complexity index is 1260. The molecule has 0 radical (unpaired) electrons. The van der Waals surface area contributed by atoms with Gasteiger partial charge in [0, 0.05) is 44.2 Å². The normalized spacial score (nSPS) is 21.6. The Morgan fingerprint density at radius 2 is 2.05 bits per heavy atom. The van der Waals surface area contributed by atoms with Gasteiger partial charge in [-0.05, 0) is 24.0 Å². The Morgan fingerprint density at radius 1 is 1.35 bits per heavy atom. The van der Waals surface area contributed by atoms with Gasteiger partial charge in [-0.2, -0.15) is 0 Å². The van der Waals surface area contributed by atoms with Crippen LogP contribution in [-0.2, 0) is 14.4 Å². The largest absolute Gasteiger partial charge is 0.477 e. The molecule has 0 spiro atoms. The minimum atomic E-state index is -1.23. The second-order valence-electron chi connectivity index (χ2n) is 8.75. The smallest absolute Gasteiger partial charge is 0.352 e. The van der Waals surface area contributed by atoms with Gasteiger partial charge in [0.15, 0.2) is 10.8 Å². The van der Waals surface area contributed by atoms with Crippen LogP contribution in [0.1, 0.15) is 12.6 Å². The number of oxime groups is 1. The first-order valence-electron chi connectivity index (χ1n) is 11.8. The summed E-state index contributed by atoms with van der Waals surface area (Å²) in [6.07, 6.45) is 1.72. The minimum absolute atomic E-state index is 0. The van der Waals surface area contributed by atoms with Crippen molar-refractivity contribution in [2.45, 2.75) is 18.3 Å². The number of allylic oxidation sites excluding steroid dienone is 1. The van der Waals surface area contributed by atoms with Crippen molar-refractivity contribution in [3.8, 4) is 0 Å². The minimum Gasteiger partial charge on any atom is -0.477 e. The molecule has 1 aromatic heterocycles. The topological polar surface area (TPSA) is 189 Å². The van der Waals surface area contributed by atoms with Gasteiger partial charge in [-0.25, -0.2) is 9.78 Å². The van der Waals surface area contributed by atoms with Gasteiger partial charge in [0.25, 0.3) is 11.8 Å². The number of carbonyl (C=O) groups excluding carboxylic acids is 2. The molecule has 0 aromatic carbocycles. The number of amidine groups is 1. The molecule has 2 saturated heterocycles. The van der Waals surface area contributed by atoms with E-state index in [1.54, 1.807) is 24.8 Å². The number of nitrogen functional groups attached to an aromatic ring is 1. The number of carboxylic acid groups (broad SMARTS) is 1. The van der Waals surface area contributed by atoms with Gasteiger partial charge in [0.2, 0.25) is 0 Å². The summed E-state index contributed by atoms with van der Waals surface area (Å²) in [6.45, 7) is 6.17. The molecule has 0 bridgehead atoms. The SMILES string of the molecule is CC(=N)N1CCN(CCSC=CC2=C(C(=O)O)N3C(=O)[C@@H](NC(=O)/C(=N\O)c4nc(N)sc4Cl)[C@H]3SC2)CC1.Cl. The highest BCUT2D eigenvalue weighted by molar-refractivity contribution is 8.02. The van der Waals surface area contributed by atoms with Crippen LogP contribution in [0.5, 0.6) is 0 Å². The number of β-lactam (4-membered cyclic amide) rings is 1. The molecule has 1 aromatic rings. The fraction of sp³-hybridized carbons (Fsp3) is 0.455. The fourth-order valence-corrected chi connectivity index (χ4v) is 7.34. The van der Waals surface area contributed by atoms with E-state index in [0.29, 0.717) is 17.2 Å². The number of fused-ring (bicyclic) bond motifs is 1. The number of rotatable bonds is 9. The van der Waals surface area contributed by atoms with E-state index in [1.807, 2.05) is 5.41 Å². The summed E-state index contributed by atoms with van der Waals surface area (Å²) in [5, 5.41) is 33.7. The first-order chi connectivity index (χ1) is 18.6. The average molecular weight is 652 g/mol. The number of halogens is 2. The molecule has 4 rings (SSSR count). The Morgan fingerprint density at radius 3 is 2.62 bits per heavy atom. The summed E-state index contributed by atoms with van der Waals surface area (Å²) >= 11 is 9.79. The van der Waals surface area contributed by atoms with Crippen LogP contribution in [0, 0.1) is 5.41 Å². The Kier molecular flexibility index (Phi) is 11.1. The van der Waals surface area contributed by atoms with Crippen LogP contribution in [0.4, 0.5) is 5.13 Å². The number of nitrogens with one attached hydrogen (secondary N) is 2. The van der Waals surface area contributed by atoms with Gasteiger partial charge in [0.1, 0.15) is 27.1 Å². The number of hydrogen-bond acceptors (Lipinski definition) is 12. The average Bonchev–Trinajstić information content (AvgIpc) is 3.24. The van der Waals surface area contributed by atoms with Crippen LogP contribution in [0.2, 0.25) is 4.34 Å². The van der Waals surface area contributed by atoms with Crippen molar-refractivity contribution in [3.63, 3.8) is 0 Å². The van der Waals surface area contributed by atoms with Gasteiger partial charge in [-0.1, -0.05) is 28.1 Å². The summed E-state index contributed by atoms with van der Waals surface area (Å²) in [6, 6.07) is -1.01. The molecule has 0 saturated carbocycles. The molecule has 18 heteroatoms. The predicted octanol–water partition coefficient (Wildman–Crippen LogP) is 1.58. The number of aromatic nitrogens is 1. The summed E-state index contributed by atoms with van der Waals surface area (Å²) in [7, 11) is 0. The first-order valence-corrected chi connectivity index (χ1v) is 15.1. The van der Waals surface area contributed by atoms with E-state index in [-0.39, 0.29) is 33.3 Å². The van der Waals surface area contributed by atoms with E-state index in [0.717, 1.165) is 49.8 Å². The molecule has 218 valence electrons. The second kappa shape index (κ2) is 13.9. The van der Waals surface area contributed by atoms with Gasteiger partial charge in [-0.3, -0.25) is 24.8 Å². The molecule has 6 N–H and O–H groups in total. The lowest BCUT2D eigenvalue weighted by atomic mass is 10.0. The molecule has 3 aliphatic rings. The monoisotopic (exact) mass is 650 g/mol. The Labute approximate surface area is 253 Å². The van der Waals surface area contributed by atoms with Crippen molar-refractivity contribution >= 4 is 93.3 Å². The molecule has 40 heavy (non-hydrogen) atoms. The second-order valence-corrected chi connectivity index (χ2v) is 12.5. The molecular formula is C22H28Cl2N8O5S3. The maximum absolute atomic E-state index is 12.9. The molecule has 3 aliphatic heterocycles. The van der Waals surface area contributed by atoms with Crippen molar-refractivity contribution in [1.82, 2.24) is 25.0 Å². The number of nitrogens with two attached hydrogens (primary N) is 1. The lowest BCUT2D eigenvalue weighted by Crippen LogP contribution is -2.71. The van der Waals surface area contributed by atoms with E-state index in [2.05, 4.69) is 25.3 Å². The summed E-state index contributed by atoms with van der Waals surface area (Å²) in [5.41, 5.74) is 5.37. The zero-order valence-corrected chi connectivity index (χ0v) is 25.2. The highest BCUT2D eigenvalue weighted by atomic mass is 35.5. The maximum Gasteiger partial charge on any atom is 0.352 e. The highest BCUT2D eigenvalue weighted by Gasteiger charge is 2.54. The van der Waals surface area contributed by atoms with Crippen LogP contribution in [0.25, 0.3) is 0 Å². The van der Waals surface area contributed by atoms with Gasteiger partial charge < -0.3 is 26.3 Å². The third-order valence-corrected chi connectivity index (χ3v) is 9.50. The third-order valence-electron chi connectivity index (χ3n) is 6.37. The summed E-state index contributed by atoms with van der Waals surface area (Å²) in [4.78, 5) is 47.2. The van der Waals surface area contributed by atoms with Gasteiger partial charge in [-0.15, -0.1) is 35.9 Å². The quantitative estimate of drug-likeness (QED) is 0.0651. The van der Waals surface area contributed by atoms with E-state index in [4.69, 9.17) is 22.7 Å². The van der Waals surface area contributed by atoms with Crippen molar-refractivity contribution in [1.29, 1.82) is 5.41 Å². The molecule has 2 fully saturated rings. The highest BCUT2D eigenvalue weighted by Crippen LogP contribution is 2.41. The van der Waals surface area contributed by atoms with Crippen molar-refractivity contribution in [2.24, 2.45) is 5.16 Å². The van der Waals surface area contributed by atoms with E-state index in [1.165, 1.54) is 16.7 Å². The Hall–Kier alpha value is -2.50. The number of carbonyl (C=O) groups is 3. The summed E-state index contributed by atoms with van der Waals surface area (Å²) < 4.78 is 0.0508. The zero-order chi connectivity index (χ0) is 28.3. The number of carboxylic acids is 1. The van der Waals surface area contributed by atoms with Gasteiger partial charge in [0.05, 0.1) is 5.84 Å². The number of nitrogens with zero attached hydrogens (tertiary/aromatic N) is 5. The molecule has 0 aliphatic carbocycles. The van der Waals surface area contributed by atoms with Gasteiger partial charge >= 0.3 is 5.97 Å².